The number of hydrogen-bond donors (Lipinski definition) is 3. The van der Waals surface area contributed by atoms with Gasteiger partial charge in [0, 0.05) is 29.9 Å². The number of carbonyl (C=O) groups excluding carboxylic acids is 1. The van der Waals surface area contributed by atoms with E-state index in [-0.39, 0.29) is 24.1 Å². The molecule has 1 aromatic carbocycles. The lowest BCUT2D eigenvalue weighted by atomic mass is 10.2. The summed E-state index contributed by atoms with van der Waals surface area (Å²) in [5.41, 5.74) is 3.47. The quantitative estimate of drug-likeness (QED) is 0.422. The van der Waals surface area contributed by atoms with Crippen molar-refractivity contribution >= 4 is 5.91 Å². The second kappa shape index (κ2) is 8.39. The first-order chi connectivity index (χ1) is 14.9. The third kappa shape index (κ3) is 4.30. The number of benzene rings is 1. The highest BCUT2D eigenvalue weighted by Gasteiger charge is 2.19. The highest BCUT2D eigenvalue weighted by molar-refractivity contribution is 5.79. The van der Waals surface area contributed by atoms with Crippen molar-refractivity contribution in [2.45, 2.75) is 33.4 Å². The Bertz CT molecular complexity index is 1190. The minimum atomic E-state index is -0.259. The second-order valence-electron chi connectivity index (χ2n) is 7.32. The Morgan fingerprint density at radius 3 is 2.68 bits per heavy atom. The zero-order valence-electron chi connectivity index (χ0n) is 17.2. The molecule has 0 bridgehead atoms. The number of nitrogens with one attached hydrogen (secondary N) is 1. The summed E-state index contributed by atoms with van der Waals surface area (Å²) in [4.78, 5) is 12.3. The molecule has 31 heavy (non-hydrogen) atoms. The number of nitrogens with zero attached hydrogens (tertiary/aromatic N) is 4. The lowest BCUT2D eigenvalue weighted by Gasteiger charge is -2.06. The van der Waals surface area contributed by atoms with Gasteiger partial charge in [-0.2, -0.15) is 5.10 Å². The summed E-state index contributed by atoms with van der Waals surface area (Å²) < 4.78 is 8.08. The summed E-state index contributed by atoms with van der Waals surface area (Å²) in [5, 5.41) is 32.0. The van der Waals surface area contributed by atoms with Gasteiger partial charge in [0.2, 0.25) is 11.8 Å². The first-order valence-corrected chi connectivity index (χ1v) is 9.80. The Balaban J connectivity index is 1.47. The molecule has 0 aliphatic rings. The Kier molecular flexibility index (Phi) is 5.48. The number of aromatic nitrogens is 4. The van der Waals surface area contributed by atoms with E-state index in [2.05, 4.69) is 15.6 Å². The van der Waals surface area contributed by atoms with Gasteiger partial charge in [-0.3, -0.25) is 9.48 Å². The molecule has 1 amide bonds. The van der Waals surface area contributed by atoms with Crippen LogP contribution in [0, 0.1) is 13.8 Å². The Morgan fingerprint density at radius 2 is 1.97 bits per heavy atom. The minimum absolute atomic E-state index is 0.0631. The molecule has 0 aliphatic carbocycles. The highest BCUT2D eigenvalue weighted by atomic mass is 16.5. The molecular weight excluding hydrogens is 398 g/mol. The summed E-state index contributed by atoms with van der Waals surface area (Å²) in [6.45, 7) is 4.52. The smallest absolute Gasteiger partial charge is 0.224 e. The molecule has 0 saturated carbocycles. The first-order valence-electron chi connectivity index (χ1n) is 9.80. The van der Waals surface area contributed by atoms with Crippen LogP contribution in [0.1, 0.15) is 28.1 Å². The molecular formula is C22H23N5O4. The topological polar surface area (TPSA) is 118 Å². The molecule has 0 saturated heterocycles. The van der Waals surface area contributed by atoms with E-state index in [9.17, 15) is 15.0 Å². The molecule has 9 heteroatoms. The average molecular weight is 421 g/mol. The molecule has 4 rings (SSSR count). The first kappa shape index (κ1) is 20.3. The van der Waals surface area contributed by atoms with Crippen LogP contribution >= 0.6 is 0 Å². The number of hydrogen-bond acceptors (Lipinski definition) is 6. The van der Waals surface area contributed by atoms with Gasteiger partial charge in [-0.1, -0.05) is 35.5 Å². The number of amides is 1. The zero-order chi connectivity index (χ0) is 22.0. The van der Waals surface area contributed by atoms with E-state index >= 15 is 0 Å². The van der Waals surface area contributed by atoms with Gasteiger partial charge in [-0.05, 0) is 19.4 Å². The van der Waals surface area contributed by atoms with E-state index in [1.165, 1.54) is 16.8 Å². The van der Waals surface area contributed by atoms with Crippen molar-refractivity contribution in [2.24, 2.45) is 0 Å². The molecule has 3 heterocycles. The van der Waals surface area contributed by atoms with E-state index in [1.54, 1.807) is 10.9 Å². The summed E-state index contributed by atoms with van der Waals surface area (Å²) in [6, 6.07) is 10.9. The van der Waals surface area contributed by atoms with Gasteiger partial charge in [-0.25, -0.2) is 4.57 Å². The van der Waals surface area contributed by atoms with E-state index < -0.39 is 0 Å². The lowest BCUT2D eigenvalue weighted by molar-refractivity contribution is -0.120. The number of rotatable bonds is 7. The van der Waals surface area contributed by atoms with Gasteiger partial charge < -0.3 is 20.1 Å². The SMILES string of the molecule is Cc1noc(C)c1Cn1cc(-n2c(O)cc(CC(=O)NCc3ccccc3)c2O)cn1. The van der Waals surface area contributed by atoms with Crippen LogP contribution in [-0.4, -0.2) is 35.6 Å². The maximum atomic E-state index is 12.3. The molecule has 0 atom stereocenters. The van der Waals surface area contributed by atoms with Gasteiger partial charge in [0.1, 0.15) is 5.76 Å². The van der Waals surface area contributed by atoms with Crippen LogP contribution in [0.2, 0.25) is 0 Å². The van der Waals surface area contributed by atoms with Crippen molar-refractivity contribution in [3.05, 3.63) is 76.9 Å². The largest absolute Gasteiger partial charge is 0.494 e. The highest BCUT2D eigenvalue weighted by Crippen LogP contribution is 2.31. The lowest BCUT2D eigenvalue weighted by Crippen LogP contribution is -2.24. The van der Waals surface area contributed by atoms with E-state index in [4.69, 9.17) is 4.52 Å². The van der Waals surface area contributed by atoms with Crippen LogP contribution < -0.4 is 5.32 Å². The molecule has 0 aliphatic heterocycles. The van der Waals surface area contributed by atoms with Crippen molar-refractivity contribution in [1.29, 1.82) is 0 Å². The van der Waals surface area contributed by atoms with Crippen LogP contribution in [0.25, 0.3) is 5.69 Å². The van der Waals surface area contributed by atoms with Crippen molar-refractivity contribution < 1.29 is 19.5 Å². The van der Waals surface area contributed by atoms with Gasteiger partial charge in [-0.15, -0.1) is 0 Å². The Morgan fingerprint density at radius 1 is 1.19 bits per heavy atom. The predicted molar refractivity (Wildman–Crippen MR) is 112 cm³/mol. The average Bonchev–Trinajstić information content (AvgIpc) is 3.42. The normalized spacial score (nSPS) is 11.0. The maximum absolute atomic E-state index is 12.3. The minimum Gasteiger partial charge on any atom is -0.494 e. The van der Waals surface area contributed by atoms with Gasteiger partial charge in [0.05, 0.1) is 30.5 Å². The zero-order valence-corrected chi connectivity index (χ0v) is 17.2. The Labute approximate surface area is 178 Å². The van der Waals surface area contributed by atoms with Crippen molar-refractivity contribution in [1.82, 2.24) is 24.8 Å². The van der Waals surface area contributed by atoms with Crippen molar-refractivity contribution in [3.63, 3.8) is 0 Å². The monoisotopic (exact) mass is 421 g/mol. The molecule has 0 radical (unpaired) electrons. The second-order valence-corrected chi connectivity index (χ2v) is 7.32. The summed E-state index contributed by atoms with van der Waals surface area (Å²) in [7, 11) is 0. The fourth-order valence-corrected chi connectivity index (χ4v) is 3.40. The third-order valence-electron chi connectivity index (χ3n) is 5.09. The fraction of sp³-hybridized carbons (Fsp3) is 0.227. The summed E-state index contributed by atoms with van der Waals surface area (Å²) in [5.74, 6) is 0.0694. The molecule has 3 aromatic heterocycles. The maximum Gasteiger partial charge on any atom is 0.224 e. The fourth-order valence-electron chi connectivity index (χ4n) is 3.40. The molecule has 0 fully saturated rings. The summed E-state index contributed by atoms with van der Waals surface area (Å²) in [6.07, 6.45) is 3.15. The van der Waals surface area contributed by atoms with Crippen LogP contribution in [0.15, 0.2) is 53.3 Å². The molecule has 0 unspecified atom stereocenters. The number of aryl methyl sites for hydroxylation is 2. The molecule has 3 N–H and O–H groups in total. The van der Waals surface area contributed by atoms with Crippen LogP contribution in [0.3, 0.4) is 0 Å². The van der Waals surface area contributed by atoms with Gasteiger partial charge >= 0.3 is 0 Å². The Hall–Kier alpha value is -4.01. The molecule has 4 aromatic rings. The molecule has 0 spiro atoms. The van der Waals surface area contributed by atoms with Crippen molar-refractivity contribution in [3.8, 4) is 17.4 Å². The molecule has 160 valence electrons. The predicted octanol–water partition coefficient (Wildman–Crippen LogP) is 2.60. The standard InChI is InChI=1S/C22H23N5O4/c1-14-19(15(2)31-25-14)13-26-12-18(11-24-26)27-21(29)9-17(22(27)30)8-20(28)23-10-16-6-4-3-5-7-16/h3-7,9,11-12,29-30H,8,10,13H2,1-2H3,(H,23,28). The van der Waals surface area contributed by atoms with Crippen LogP contribution in [0.5, 0.6) is 11.8 Å². The van der Waals surface area contributed by atoms with E-state index in [0.29, 0.717) is 30.1 Å². The van der Waals surface area contributed by atoms with Crippen molar-refractivity contribution in [2.75, 3.05) is 0 Å². The van der Waals surface area contributed by atoms with Gasteiger partial charge in [0.15, 0.2) is 5.88 Å². The number of carbonyl (C=O) groups is 1. The number of aromatic hydroxyl groups is 2. The van der Waals surface area contributed by atoms with E-state index in [0.717, 1.165) is 16.8 Å². The summed E-state index contributed by atoms with van der Waals surface area (Å²) >= 11 is 0. The van der Waals surface area contributed by atoms with E-state index in [1.807, 2.05) is 44.2 Å². The van der Waals surface area contributed by atoms with Crippen LogP contribution in [-0.2, 0) is 24.3 Å². The molecule has 9 nitrogen and oxygen atoms in total. The van der Waals surface area contributed by atoms with Gasteiger partial charge in [0.25, 0.3) is 0 Å². The van der Waals surface area contributed by atoms with Crippen LogP contribution in [0.4, 0.5) is 0 Å². The third-order valence-corrected chi connectivity index (χ3v) is 5.09.